The van der Waals surface area contributed by atoms with Gasteiger partial charge in [-0.1, -0.05) is 12.1 Å². The van der Waals surface area contributed by atoms with E-state index in [0.29, 0.717) is 5.56 Å². The number of benzene rings is 1. The molecule has 2 rings (SSSR count). The smallest absolute Gasteiger partial charge is 0.250 e. The van der Waals surface area contributed by atoms with E-state index in [4.69, 9.17) is 10.5 Å². The second-order valence-corrected chi connectivity index (χ2v) is 3.56. The van der Waals surface area contributed by atoms with Gasteiger partial charge in [-0.25, -0.2) is 0 Å². The summed E-state index contributed by atoms with van der Waals surface area (Å²) in [4.78, 5) is 15.0. The molecular formula is C13H12N2O2. The Balaban J connectivity index is 2.38. The molecule has 2 aromatic rings. The zero-order valence-corrected chi connectivity index (χ0v) is 9.38. The van der Waals surface area contributed by atoms with Crippen LogP contribution >= 0.6 is 0 Å². The number of hydrogen-bond donors (Lipinski definition) is 1. The number of carbonyl (C=O) groups is 1. The Labute approximate surface area is 99.1 Å². The Morgan fingerprint density at radius 2 is 1.88 bits per heavy atom. The molecule has 0 aliphatic carbocycles. The summed E-state index contributed by atoms with van der Waals surface area (Å²) in [6, 6.07) is 9.23. The van der Waals surface area contributed by atoms with Crippen LogP contribution in [0.1, 0.15) is 10.4 Å². The molecular weight excluding hydrogens is 216 g/mol. The molecule has 86 valence electrons. The molecule has 0 spiro atoms. The first-order valence-corrected chi connectivity index (χ1v) is 5.10. The molecule has 0 unspecified atom stereocenters. The molecule has 1 aromatic heterocycles. The first kappa shape index (κ1) is 11.1. The van der Waals surface area contributed by atoms with Crippen molar-refractivity contribution >= 4 is 5.91 Å². The fraction of sp³-hybridized carbons (Fsp3) is 0.0769. The van der Waals surface area contributed by atoms with Gasteiger partial charge in [0.25, 0.3) is 0 Å². The van der Waals surface area contributed by atoms with Gasteiger partial charge < -0.3 is 10.5 Å². The molecule has 0 radical (unpaired) electrons. The van der Waals surface area contributed by atoms with E-state index in [0.717, 1.165) is 16.9 Å². The summed E-state index contributed by atoms with van der Waals surface area (Å²) in [6.07, 6.45) is 3.14. The van der Waals surface area contributed by atoms with Crippen molar-refractivity contribution in [3.8, 4) is 16.9 Å². The van der Waals surface area contributed by atoms with Crippen LogP contribution in [0.15, 0.2) is 42.7 Å². The summed E-state index contributed by atoms with van der Waals surface area (Å²) in [7, 11) is 1.62. The highest BCUT2D eigenvalue weighted by Crippen LogP contribution is 2.22. The number of nitrogens with zero attached hydrogens (tertiary/aromatic N) is 1. The third kappa shape index (κ3) is 2.42. The zero-order valence-electron chi connectivity index (χ0n) is 9.38. The van der Waals surface area contributed by atoms with Crippen molar-refractivity contribution in [2.45, 2.75) is 0 Å². The highest BCUT2D eigenvalue weighted by Gasteiger charge is 2.04. The fourth-order valence-corrected chi connectivity index (χ4v) is 1.52. The highest BCUT2D eigenvalue weighted by molar-refractivity contribution is 5.93. The molecule has 0 bridgehead atoms. The monoisotopic (exact) mass is 228 g/mol. The van der Waals surface area contributed by atoms with Gasteiger partial charge in [-0.3, -0.25) is 9.78 Å². The fourth-order valence-electron chi connectivity index (χ4n) is 1.52. The minimum absolute atomic E-state index is 0.401. The van der Waals surface area contributed by atoms with Crippen molar-refractivity contribution in [1.82, 2.24) is 4.98 Å². The molecule has 0 atom stereocenters. The molecule has 17 heavy (non-hydrogen) atoms. The number of carbonyl (C=O) groups excluding carboxylic acids is 1. The Hall–Kier alpha value is -2.36. The number of methoxy groups -OCH3 is 1. The molecule has 4 heteroatoms. The first-order valence-electron chi connectivity index (χ1n) is 5.10. The van der Waals surface area contributed by atoms with E-state index in [1.807, 2.05) is 24.3 Å². The Morgan fingerprint density at radius 3 is 2.47 bits per heavy atom. The number of aromatic nitrogens is 1. The lowest BCUT2D eigenvalue weighted by molar-refractivity contribution is 0.1000. The number of pyridine rings is 1. The molecule has 1 aromatic carbocycles. The van der Waals surface area contributed by atoms with Crippen molar-refractivity contribution in [3.05, 3.63) is 48.3 Å². The van der Waals surface area contributed by atoms with Gasteiger partial charge >= 0.3 is 0 Å². The topological polar surface area (TPSA) is 65.2 Å². The summed E-state index contributed by atoms with van der Waals surface area (Å²) in [5.74, 6) is 0.306. The Kier molecular flexibility index (Phi) is 3.05. The van der Waals surface area contributed by atoms with Crippen LogP contribution in [0.4, 0.5) is 0 Å². The van der Waals surface area contributed by atoms with Gasteiger partial charge in [0, 0.05) is 18.0 Å². The molecule has 1 amide bonds. The van der Waals surface area contributed by atoms with Crippen LogP contribution in [0.2, 0.25) is 0 Å². The maximum Gasteiger partial charge on any atom is 0.250 e. The maximum atomic E-state index is 11.0. The van der Waals surface area contributed by atoms with Crippen LogP contribution in [0.3, 0.4) is 0 Å². The van der Waals surface area contributed by atoms with E-state index in [1.54, 1.807) is 19.4 Å². The van der Waals surface area contributed by atoms with Crippen molar-refractivity contribution in [2.24, 2.45) is 5.73 Å². The maximum absolute atomic E-state index is 11.0. The van der Waals surface area contributed by atoms with E-state index in [-0.39, 0.29) is 0 Å². The lowest BCUT2D eigenvalue weighted by Gasteiger charge is -2.04. The molecule has 0 aliphatic rings. The van der Waals surface area contributed by atoms with E-state index in [2.05, 4.69) is 4.98 Å². The van der Waals surface area contributed by atoms with E-state index >= 15 is 0 Å². The predicted molar refractivity (Wildman–Crippen MR) is 64.7 cm³/mol. The third-order valence-electron chi connectivity index (χ3n) is 2.45. The quantitative estimate of drug-likeness (QED) is 0.871. The molecule has 0 saturated heterocycles. The summed E-state index contributed by atoms with van der Waals surface area (Å²) in [5.41, 5.74) is 7.42. The normalized spacial score (nSPS) is 9.94. The Morgan fingerprint density at radius 1 is 1.18 bits per heavy atom. The second kappa shape index (κ2) is 4.65. The van der Waals surface area contributed by atoms with Crippen molar-refractivity contribution in [1.29, 1.82) is 0 Å². The van der Waals surface area contributed by atoms with Gasteiger partial charge in [-0.2, -0.15) is 0 Å². The van der Waals surface area contributed by atoms with Crippen molar-refractivity contribution < 1.29 is 9.53 Å². The molecule has 1 heterocycles. The molecule has 2 N–H and O–H groups in total. The van der Waals surface area contributed by atoms with Gasteiger partial charge in [-0.05, 0) is 23.8 Å². The van der Waals surface area contributed by atoms with E-state index < -0.39 is 5.91 Å². The standard InChI is InChI=1S/C13H12N2O2/c1-17-12-4-2-9(3-5-12)10-6-11(13(14)16)8-15-7-10/h2-8H,1H3,(H2,14,16). The van der Waals surface area contributed by atoms with Gasteiger partial charge in [0.1, 0.15) is 5.75 Å². The third-order valence-corrected chi connectivity index (χ3v) is 2.45. The number of nitrogens with two attached hydrogens (primary N) is 1. The summed E-state index contributed by atoms with van der Waals surface area (Å²) in [6.45, 7) is 0. The molecule has 0 fully saturated rings. The first-order chi connectivity index (χ1) is 8.20. The highest BCUT2D eigenvalue weighted by atomic mass is 16.5. The van der Waals surface area contributed by atoms with E-state index in [1.165, 1.54) is 6.20 Å². The predicted octanol–water partition coefficient (Wildman–Crippen LogP) is 1.86. The average Bonchev–Trinajstić information content (AvgIpc) is 2.39. The summed E-state index contributed by atoms with van der Waals surface area (Å²) < 4.78 is 5.08. The molecule has 4 nitrogen and oxygen atoms in total. The average molecular weight is 228 g/mol. The minimum atomic E-state index is -0.479. The van der Waals surface area contributed by atoms with Crippen molar-refractivity contribution in [3.63, 3.8) is 0 Å². The van der Waals surface area contributed by atoms with E-state index in [9.17, 15) is 4.79 Å². The largest absolute Gasteiger partial charge is 0.497 e. The minimum Gasteiger partial charge on any atom is -0.497 e. The van der Waals surface area contributed by atoms with Crippen molar-refractivity contribution in [2.75, 3.05) is 7.11 Å². The zero-order chi connectivity index (χ0) is 12.3. The van der Waals surface area contributed by atoms with Crippen LogP contribution in [0, 0.1) is 0 Å². The van der Waals surface area contributed by atoms with Crippen LogP contribution in [-0.2, 0) is 0 Å². The lowest BCUT2D eigenvalue weighted by Crippen LogP contribution is -2.11. The van der Waals surface area contributed by atoms with Gasteiger partial charge in [0.15, 0.2) is 0 Å². The van der Waals surface area contributed by atoms with Crippen LogP contribution in [0.5, 0.6) is 5.75 Å². The van der Waals surface area contributed by atoms with Gasteiger partial charge in [-0.15, -0.1) is 0 Å². The lowest BCUT2D eigenvalue weighted by atomic mass is 10.1. The number of rotatable bonds is 3. The summed E-state index contributed by atoms with van der Waals surface area (Å²) >= 11 is 0. The van der Waals surface area contributed by atoms with Crippen LogP contribution in [-0.4, -0.2) is 18.0 Å². The van der Waals surface area contributed by atoms with Crippen LogP contribution < -0.4 is 10.5 Å². The van der Waals surface area contributed by atoms with Gasteiger partial charge in [0.2, 0.25) is 5.91 Å². The number of amides is 1. The Bertz CT molecular complexity index is 535. The number of ether oxygens (including phenoxy) is 1. The second-order valence-electron chi connectivity index (χ2n) is 3.56. The van der Waals surface area contributed by atoms with Crippen LogP contribution in [0.25, 0.3) is 11.1 Å². The van der Waals surface area contributed by atoms with Gasteiger partial charge in [0.05, 0.1) is 12.7 Å². The number of hydrogen-bond acceptors (Lipinski definition) is 3. The number of primary amides is 1. The SMILES string of the molecule is COc1ccc(-c2cncc(C(N)=O)c2)cc1. The molecule has 0 aliphatic heterocycles. The molecule has 0 saturated carbocycles. The summed E-state index contributed by atoms with van der Waals surface area (Å²) in [5, 5.41) is 0.